The van der Waals surface area contributed by atoms with Crippen LogP contribution in [0.1, 0.15) is 25.6 Å². The molecule has 0 spiro atoms. The molecule has 1 aromatic rings. The molecule has 0 unspecified atom stereocenters. The number of piperidine rings is 1. The van der Waals surface area contributed by atoms with Crippen molar-refractivity contribution in [2.75, 3.05) is 31.6 Å². The van der Waals surface area contributed by atoms with Gasteiger partial charge in [0.15, 0.2) is 0 Å². The Morgan fingerprint density at radius 2 is 2.17 bits per heavy atom. The molecule has 1 aliphatic heterocycles. The predicted molar refractivity (Wildman–Crippen MR) is 73.1 cm³/mol. The average molecular weight is 250 g/mol. The Morgan fingerprint density at radius 3 is 2.83 bits per heavy atom. The highest BCUT2D eigenvalue weighted by molar-refractivity contribution is 5.36. The smallest absolute Gasteiger partial charge is 0.252 e. The topological polar surface area (TPSA) is 61.0 Å². The lowest BCUT2D eigenvalue weighted by molar-refractivity contribution is 0.377. The van der Waals surface area contributed by atoms with Gasteiger partial charge in [-0.05, 0) is 31.8 Å². The Morgan fingerprint density at radius 1 is 1.44 bits per heavy atom. The van der Waals surface area contributed by atoms with Crippen LogP contribution in [-0.4, -0.2) is 36.6 Å². The summed E-state index contributed by atoms with van der Waals surface area (Å²) >= 11 is 0. The monoisotopic (exact) mass is 250 g/mol. The van der Waals surface area contributed by atoms with Gasteiger partial charge in [-0.1, -0.05) is 6.92 Å². The van der Waals surface area contributed by atoms with Crippen LogP contribution in [0.5, 0.6) is 0 Å². The standard InChI is InChI=1S/C13H22N4O/c1-3-11-15-12(8-13(18)16-11)17(2)9-10-4-6-14-7-5-10/h8,10,14H,3-7,9H2,1-2H3,(H,15,16,18). The van der Waals surface area contributed by atoms with Crippen molar-refractivity contribution >= 4 is 5.82 Å². The van der Waals surface area contributed by atoms with Crippen molar-refractivity contribution in [2.24, 2.45) is 5.92 Å². The number of anilines is 1. The molecule has 2 N–H and O–H groups in total. The van der Waals surface area contributed by atoms with Gasteiger partial charge >= 0.3 is 0 Å². The lowest BCUT2D eigenvalue weighted by Crippen LogP contribution is -2.35. The van der Waals surface area contributed by atoms with Crippen LogP contribution < -0.4 is 15.8 Å². The molecule has 0 bridgehead atoms. The molecular formula is C13H22N4O. The molecule has 1 aromatic heterocycles. The second kappa shape index (κ2) is 6.00. The Bertz CT molecular complexity index is 437. The number of H-pyrrole nitrogens is 1. The van der Waals surface area contributed by atoms with E-state index in [1.54, 1.807) is 6.07 Å². The molecule has 2 rings (SSSR count). The van der Waals surface area contributed by atoms with E-state index in [9.17, 15) is 4.79 Å². The minimum Gasteiger partial charge on any atom is -0.359 e. The molecule has 1 saturated heterocycles. The van der Waals surface area contributed by atoms with Crippen molar-refractivity contribution in [3.05, 3.63) is 22.2 Å². The van der Waals surface area contributed by atoms with E-state index in [1.807, 2.05) is 14.0 Å². The van der Waals surface area contributed by atoms with E-state index in [4.69, 9.17) is 0 Å². The fourth-order valence-corrected chi connectivity index (χ4v) is 2.40. The molecule has 5 heteroatoms. The van der Waals surface area contributed by atoms with Crippen molar-refractivity contribution in [3.63, 3.8) is 0 Å². The largest absolute Gasteiger partial charge is 0.359 e. The molecular weight excluding hydrogens is 228 g/mol. The van der Waals surface area contributed by atoms with E-state index < -0.39 is 0 Å². The molecule has 0 amide bonds. The first kappa shape index (κ1) is 13.1. The summed E-state index contributed by atoms with van der Waals surface area (Å²) in [5, 5.41) is 3.37. The van der Waals surface area contributed by atoms with E-state index >= 15 is 0 Å². The Hall–Kier alpha value is -1.36. The van der Waals surface area contributed by atoms with Crippen molar-refractivity contribution in [2.45, 2.75) is 26.2 Å². The summed E-state index contributed by atoms with van der Waals surface area (Å²) < 4.78 is 0. The summed E-state index contributed by atoms with van der Waals surface area (Å²) in [6.45, 7) is 5.17. The van der Waals surface area contributed by atoms with Crippen LogP contribution in [0.25, 0.3) is 0 Å². The van der Waals surface area contributed by atoms with Crippen molar-refractivity contribution < 1.29 is 0 Å². The molecule has 1 aliphatic rings. The number of hydrogen-bond donors (Lipinski definition) is 2. The highest BCUT2D eigenvalue weighted by Gasteiger charge is 2.16. The summed E-state index contributed by atoms with van der Waals surface area (Å²) in [6, 6.07) is 1.58. The molecule has 1 fully saturated rings. The van der Waals surface area contributed by atoms with Crippen molar-refractivity contribution in [3.8, 4) is 0 Å². The lowest BCUT2D eigenvalue weighted by Gasteiger charge is -2.28. The molecule has 0 saturated carbocycles. The van der Waals surface area contributed by atoms with Crippen LogP contribution in [0.15, 0.2) is 10.9 Å². The lowest BCUT2D eigenvalue weighted by atomic mass is 9.98. The Balaban J connectivity index is 2.05. The first-order chi connectivity index (χ1) is 8.69. The number of aromatic amines is 1. The third-order valence-electron chi connectivity index (χ3n) is 3.49. The predicted octanol–water partition coefficient (Wildman–Crippen LogP) is 0.768. The van der Waals surface area contributed by atoms with Gasteiger partial charge in [-0.3, -0.25) is 4.79 Å². The summed E-state index contributed by atoms with van der Waals surface area (Å²) in [4.78, 5) is 20.9. The molecule has 0 aliphatic carbocycles. The number of nitrogens with one attached hydrogen (secondary N) is 2. The Kier molecular flexibility index (Phi) is 4.36. The van der Waals surface area contributed by atoms with E-state index in [0.29, 0.717) is 5.92 Å². The number of aryl methyl sites for hydroxylation is 1. The zero-order valence-corrected chi connectivity index (χ0v) is 11.2. The molecule has 5 nitrogen and oxygen atoms in total. The van der Waals surface area contributed by atoms with Crippen LogP contribution in [0.2, 0.25) is 0 Å². The zero-order valence-electron chi connectivity index (χ0n) is 11.2. The van der Waals surface area contributed by atoms with Crippen molar-refractivity contribution in [1.29, 1.82) is 0 Å². The zero-order chi connectivity index (χ0) is 13.0. The molecule has 2 heterocycles. The minimum atomic E-state index is -0.0611. The molecule has 0 aromatic carbocycles. The van der Waals surface area contributed by atoms with Crippen LogP contribution in [0.3, 0.4) is 0 Å². The highest BCUT2D eigenvalue weighted by atomic mass is 16.1. The number of nitrogens with zero attached hydrogens (tertiary/aromatic N) is 2. The van der Waals surface area contributed by atoms with Gasteiger partial charge in [-0.15, -0.1) is 0 Å². The van der Waals surface area contributed by atoms with E-state index in [1.165, 1.54) is 12.8 Å². The van der Waals surface area contributed by atoms with Gasteiger partial charge in [0, 0.05) is 26.1 Å². The number of aromatic nitrogens is 2. The second-order valence-electron chi connectivity index (χ2n) is 4.98. The van der Waals surface area contributed by atoms with Gasteiger partial charge in [-0.25, -0.2) is 4.98 Å². The van der Waals surface area contributed by atoms with Gasteiger partial charge in [0.05, 0.1) is 0 Å². The van der Waals surface area contributed by atoms with Crippen LogP contribution in [0, 0.1) is 5.92 Å². The average Bonchev–Trinajstić information content (AvgIpc) is 2.39. The molecule has 100 valence electrons. The summed E-state index contributed by atoms with van der Waals surface area (Å²) in [5.74, 6) is 2.24. The molecule has 0 atom stereocenters. The summed E-state index contributed by atoms with van der Waals surface area (Å²) in [5.41, 5.74) is -0.0611. The minimum absolute atomic E-state index is 0.0611. The summed E-state index contributed by atoms with van der Waals surface area (Å²) in [6.07, 6.45) is 3.16. The maximum atomic E-state index is 11.5. The highest BCUT2D eigenvalue weighted by Crippen LogP contribution is 2.15. The maximum Gasteiger partial charge on any atom is 0.252 e. The third-order valence-corrected chi connectivity index (χ3v) is 3.49. The quantitative estimate of drug-likeness (QED) is 0.828. The summed E-state index contributed by atoms with van der Waals surface area (Å²) in [7, 11) is 2.02. The van der Waals surface area contributed by atoms with Crippen LogP contribution in [-0.2, 0) is 6.42 Å². The third kappa shape index (κ3) is 3.32. The van der Waals surface area contributed by atoms with Crippen LogP contribution >= 0.6 is 0 Å². The van der Waals surface area contributed by atoms with Crippen LogP contribution in [0.4, 0.5) is 5.82 Å². The van der Waals surface area contributed by atoms with E-state index in [2.05, 4.69) is 20.2 Å². The van der Waals surface area contributed by atoms with Gasteiger partial charge < -0.3 is 15.2 Å². The first-order valence-corrected chi connectivity index (χ1v) is 6.71. The van der Waals surface area contributed by atoms with E-state index in [-0.39, 0.29) is 5.56 Å². The van der Waals surface area contributed by atoms with Gasteiger partial charge in [0.1, 0.15) is 11.6 Å². The second-order valence-corrected chi connectivity index (χ2v) is 4.98. The number of rotatable bonds is 4. The van der Waals surface area contributed by atoms with Gasteiger partial charge in [0.2, 0.25) is 0 Å². The molecule has 0 radical (unpaired) electrons. The normalized spacial score (nSPS) is 16.8. The number of hydrogen-bond acceptors (Lipinski definition) is 4. The maximum absolute atomic E-state index is 11.5. The molecule has 18 heavy (non-hydrogen) atoms. The van der Waals surface area contributed by atoms with Gasteiger partial charge in [-0.2, -0.15) is 0 Å². The fraction of sp³-hybridized carbons (Fsp3) is 0.692. The Labute approximate surface area is 108 Å². The first-order valence-electron chi connectivity index (χ1n) is 6.71. The van der Waals surface area contributed by atoms with Gasteiger partial charge in [0.25, 0.3) is 5.56 Å². The van der Waals surface area contributed by atoms with E-state index in [0.717, 1.165) is 37.7 Å². The van der Waals surface area contributed by atoms with Crippen molar-refractivity contribution in [1.82, 2.24) is 15.3 Å². The fourth-order valence-electron chi connectivity index (χ4n) is 2.40. The SMILES string of the molecule is CCc1nc(N(C)CC2CCNCC2)cc(=O)[nH]1.